The third-order valence-corrected chi connectivity index (χ3v) is 4.45. The Balaban J connectivity index is 1.60. The van der Waals surface area contributed by atoms with Gasteiger partial charge in [0.2, 0.25) is 0 Å². The smallest absolute Gasteiger partial charge is 0.395 e. The first kappa shape index (κ1) is 12.9. The van der Waals surface area contributed by atoms with E-state index in [1.54, 1.807) is 12.1 Å². The third-order valence-electron chi connectivity index (χ3n) is 4.45. The van der Waals surface area contributed by atoms with E-state index in [2.05, 4.69) is 24.7 Å². The number of fused-ring (bicyclic) bond motifs is 5. The third kappa shape index (κ3) is 1.92. The number of alkyl halides is 2. The van der Waals surface area contributed by atoms with Crippen molar-refractivity contribution in [2.24, 2.45) is 0 Å². The van der Waals surface area contributed by atoms with Crippen LogP contribution >= 0.6 is 0 Å². The average molecular weight is 317 g/mol. The highest BCUT2D eigenvalue weighted by Gasteiger charge is 2.44. The molecule has 3 aliphatic heterocycles. The fourth-order valence-corrected chi connectivity index (χ4v) is 3.42. The summed E-state index contributed by atoms with van der Waals surface area (Å²) in [6.45, 7) is 1.99. The monoisotopic (exact) mass is 317 g/mol. The van der Waals surface area contributed by atoms with Crippen molar-refractivity contribution in [1.29, 1.82) is 0 Å². The number of nitrogens with zero attached hydrogens (tertiary/aromatic N) is 2. The summed E-state index contributed by atoms with van der Waals surface area (Å²) in [7, 11) is 0. The number of pyridine rings is 1. The Morgan fingerprint density at radius 3 is 3.04 bits per heavy atom. The van der Waals surface area contributed by atoms with Crippen LogP contribution in [0.4, 0.5) is 20.3 Å². The molecule has 1 aromatic heterocycles. The molecule has 1 aromatic carbocycles. The molecule has 0 radical (unpaired) electrons. The molecular weight excluding hydrogens is 304 g/mol. The van der Waals surface area contributed by atoms with E-state index in [0.717, 1.165) is 31.0 Å². The van der Waals surface area contributed by atoms with Crippen molar-refractivity contribution in [2.75, 3.05) is 23.3 Å². The van der Waals surface area contributed by atoms with E-state index in [9.17, 15) is 8.78 Å². The van der Waals surface area contributed by atoms with Crippen LogP contribution in [0, 0.1) is 0 Å². The first-order valence-corrected chi connectivity index (χ1v) is 7.51. The maximum absolute atomic E-state index is 13.3. The van der Waals surface area contributed by atoms with Crippen molar-refractivity contribution in [3.63, 3.8) is 0 Å². The molecule has 0 unspecified atom stereocenters. The Hall–Kier alpha value is -2.57. The molecule has 23 heavy (non-hydrogen) atoms. The minimum atomic E-state index is -3.63. The average Bonchev–Trinajstić information content (AvgIpc) is 3.05. The Bertz CT molecular complexity index is 812. The number of rotatable bonds is 1. The van der Waals surface area contributed by atoms with Gasteiger partial charge in [-0.1, -0.05) is 6.07 Å². The van der Waals surface area contributed by atoms with Crippen molar-refractivity contribution < 1.29 is 18.3 Å². The zero-order valence-corrected chi connectivity index (χ0v) is 12.1. The molecule has 118 valence electrons. The van der Waals surface area contributed by atoms with Crippen LogP contribution in [0.25, 0.3) is 11.3 Å². The van der Waals surface area contributed by atoms with Gasteiger partial charge in [-0.3, -0.25) is 0 Å². The molecule has 1 N–H and O–H groups in total. The molecule has 0 aliphatic carbocycles. The summed E-state index contributed by atoms with van der Waals surface area (Å²) in [5.41, 5.74) is 2.13. The first-order valence-electron chi connectivity index (χ1n) is 7.51. The second kappa shape index (κ2) is 4.24. The summed E-state index contributed by atoms with van der Waals surface area (Å²) in [5.74, 6) is 0.854. The van der Waals surface area contributed by atoms with Crippen LogP contribution in [0.3, 0.4) is 0 Å². The molecule has 2 aromatic rings. The lowest BCUT2D eigenvalue weighted by atomic mass is 10.1. The molecular formula is C16H13F2N3O2. The van der Waals surface area contributed by atoms with Crippen molar-refractivity contribution in [2.45, 2.75) is 18.8 Å². The van der Waals surface area contributed by atoms with Gasteiger partial charge in [0, 0.05) is 24.7 Å². The van der Waals surface area contributed by atoms with Gasteiger partial charge in [0.25, 0.3) is 0 Å². The molecule has 1 fully saturated rings. The molecule has 7 heteroatoms. The van der Waals surface area contributed by atoms with Gasteiger partial charge in [0.05, 0.1) is 11.4 Å². The second-order valence-corrected chi connectivity index (χ2v) is 5.94. The van der Waals surface area contributed by atoms with Gasteiger partial charge in [-0.15, -0.1) is 8.78 Å². The van der Waals surface area contributed by atoms with Gasteiger partial charge in [-0.2, -0.15) is 0 Å². The maximum Gasteiger partial charge on any atom is 0.586 e. The predicted molar refractivity (Wildman–Crippen MR) is 80.1 cm³/mol. The largest absolute Gasteiger partial charge is 0.586 e. The predicted octanol–water partition coefficient (Wildman–Crippen LogP) is 3.07. The van der Waals surface area contributed by atoms with E-state index in [4.69, 9.17) is 0 Å². The molecule has 0 amide bonds. The van der Waals surface area contributed by atoms with Crippen LogP contribution in [0.5, 0.6) is 11.5 Å². The summed E-state index contributed by atoms with van der Waals surface area (Å²) in [6, 6.07) is 9.02. The molecule has 4 heterocycles. The second-order valence-electron chi connectivity index (χ2n) is 5.94. The summed E-state index contributed by atoms with van der Waals surface area (Å²) in [5, 5.41) is 3.41. The molecule has 3 aliphatic rings. The number of anilines is 2. The van der Waals surface area contributed by atoms with Crippen LogP contribution in [-0.2, 0) is 0 Å². The number of nitrogens with one attached hydrogen (secondary N) is 1. The van der Waals surface area contributed by atoms with Gasteiger partial charge < -0.3 is 19.7 Å². The van der Waals surface area contributed by atoms with Crippen LogP contribution in [0.2, 0.25) is 0 Å². The first-order chi connectivity index (χ1) is 11.1. The van der Waals surface area contributed by atoms with E-state index in [0.29, 0.717) is 17.3 Å². The lowest BCUT2D eigenvalue weighted by molar-refractivity contribution is -0.286. The Labute approximate surface area is 130 Å². The lowest BCUT2D eigenvalue weighted by Gasteiger charge is -2.28. The van der Waals surface area contributed by atoms with Gasteiger partial charge in [-0.05, 0) is 30.7 Å². The number of para-hydroxylation sites is 1. The van der Waals surface area contributed by atoms with Crippen molar-refractivity contribution in [3.8, 4) is 22.8 Å². The maximum atomic E-state index is 13.3. The van der Waals surface area contributed by atoms with Crippen LogP contribution in [0.1, 0.15) is 6.42 Å². The minimum Gasteiger partial charge on any atom is -0.395 e. The standard InChI is InChI=1S/C16H13F2N3O2/c17-16(18)22-13-3-1-2-10(14(13)23-16)11-4-5-12-15(20-11)19-9-6-7-21(12)8-9/h1-5,9H,6-8H2,(H,19,20)/t9-/m0/s1. The van der Waals surface area contributed by atoms with Crippen molar-refractivity contribution in [1.82, 2.24) is 4.98 Å². The van der Waals surface area contributed by atoms with E-state index in [-0.39, 0.29) is 11.5 Å². The van der Waals surface area contributed by atoms with E-state index in [1.807, 2.05) is 12.1 Å². The zero-order chi connectivity index (χ0) is 15.6. The number of ether oxygens (including phenoxy) is 2. The zero-order valence-electron chi connectivity index (χ0n) is 12.1. The Morgan fingerprint density at radius 1 is 1.22 bits per heavy atom. The molecule has 1 atom stereocenters. The fraction of sp³-hybridized carbons (Fsp3) is 0.312. The molecule has 2 bridgehead atoms. The van der Waals surface area contributed by atoms with E-state index in [1.165, 1.54) is 6.07 Å². The van der Waals surface area contributed by atoms with Crippen molar-refractivity contribution >= 4 is 11.5 Å². The van der Waals surface area contributed by atoms with Gasteiger partial charge in [0.15, 0.2) is 17.3 Å². The highest BCUT2D eigenvalue weighted by atomic mass is 19.3. The summed E-state index contributed by atoms with van der Waals surface area (Å²) in [4.78, 5) is 6.90. The SMILES string of the molecule is FC1(F)Oc2cccc(-c3ccc4c(n3)N[C@H]3CCN4C3)c2O1. The van der Waals surface area contributed by atoms with Gasteiger partial charge in [0.1, 0.15) is 0 Å². The van der Waals surface area contributed by atoms with Crippen LogP contribution in [0.15, 0.2) is 30.3 Å². The topological polar surface area (TPSA) is 46.6 Å². The lowest BCUT2D eigenvalue weighted by Crippen LogP contribution is -2.32. The number of hydrogen-bond acceptors (Lipinski definition) is 5. The molecule has 5 rings (SSSR count). The summed E-state index contributed by atoms with van der Waals surface area (Å²) >= 11 is 0. The number of hydrogen-bond donors (Lipinski definition) is 1. The number of halogens is 2. The Morgan fingerprint density at radius 2 is 2.13 bits per heavy atom. The number of benzene rings is 1. The van der Waals surface area contributed by atoms with Crippen LogP contribution < -0.4 is 19.7 Å². The molecule has 1 saturated heterocycles. The van der Waals surface area contributed by atoms with E-state index < -0.39 is 6.29 Å². The Kier molecular flexibility index (Phi) is 2.39. The molecule has 0 spiro atoms. The normalized spacial score (nSPS) is 22.7. The van der Waals surface area contributed by atoms with E-state index >= 15 is 0 Å². The van der Waals surface area contributed by atoms with Gasteiger partial charge >= 0.3 is 6.29 Å². The quantitative estimate of drug-likeness (QED) is 0.876. The fourth-order valence-electron chi connectivity index (χ4n) is 3.42. The summed E-state index contributed by atoms with van der Waals surface area (Å²) < 4.78 is 35.8. The molecule has 0 saturated carbocycles. The molecule has 5 nitrogen and oxygen atoms in total. The van der Waals surface area contributed by atoms with Crippen molar-refractivity contribution in [3.05, 3.63) is 30.3 Å². The highest BCUT2D eigenvalue weighted by molar-refractivity contribution is 5.78. The minimum absolute atomic E-state index is 0.0313. The van der Waals surface area contributed by atoms with Crippen LogP contribution in [-0.4, -0.2) is 30.4 Å². The van der Waals surface area contributed by atoms with Gasteiger partial charge in [-0.25, -0.2) is 4.98 Å². The summed E-state index contributed by atoms with van der Waals surface area (Å²) in [6.07, 6.45) is -2.55. The highest BCUT2D eigenvalue weighted by Crippen LogP contribution is 2.47. The number of aromatic nitrogens is 1.